The first kappa shape index (κ1) is 17.0. The number of benzene rings is 1. The van der Waals surface area contributed by atoms with Crippen molar-refractivity contribution < 1.29 is 13.2 Å². The summed E-state index contributed by atoms with van der Waals surface area (Å²) in [7, 11) is -3.78. The van der Waals surface area contributed by atoms with E-state index in [1.807, 2.05) is 0 Å². The number of carbonyl (C=O) groups is 1. The SMILES string of the molecule is N#C/C(=C/NCCCl)C(=O)Nc1ccc(S(N)(=O)=O)cc1. The van der Waals surface area contributed by atoms with Crippen LogP contribution in [0, 0.1) is 11.3 Å². The molecule has 0 heterocycles. The lowest BCUT2D eigenvalue weighted by Gasteiger charge is -2.05. The largest absolute Gasteiger partial charge is 0.388 e. The maximum atomic E-state index is 11.8. The molecule has 0 aliphatic rings. The average Bonchev–Trinajstić information content (AvgIpc) is 2.43. The van der Waals surface area contributed by atoms with Crippen molar-refractivity contribution in [2.75, 3.05) is 17.7 Å². The van der Waals surface area contributed by atoms with Crippen molar-refractivity contribution in [2.24, 2.45) is 5.14 Å². The number of halogens is 1. The van der Waals surface area contributed by atoms with Gasteiger partial charge in [0.05, 0.1) is 4.90 Å². The number of nitrogens with zero attached hydrogens (tertiary/aromatic N) is 1. The van der Waals surface area contributed by atoms with Crippen LogP contribution in [0.5, 0.6) is 0 Å². The Morgan fingerprint density at radius 2 is 2.00 bits per heavy atom. The summed E-state index contributed by atoms with van der Waals surface area (Å²) in [6.07, 6.45) is 1.26. The Balaban J connectivity index is 2.79. The van der Waals surface area contributed by atoms with Gasteiger partial charge >= 0.3 is 0 Å². The molecule has 0 bridgehead atoms. The number of nitrogens with one attached hydrogen (secondary N) is 2. The molecule has 1 amide bonds. The molecule has 0 aliphatic heterocycles. The molecular formula is C12H13ClN4O3S. The summed E-state index contributed by atoms with van der Waals surface area (Å²) >= 11 is 5.45. The standard InChI is InChI=1S/C12H13ClN4O3S/c13-5-6-16-8-9(7-14)12(18)17-10-1-3-11(4-2-10)21(15,19)20/h1-4,8,16H,5-6H2,(H,17,18)(H2,15,19,20)/b9-8-. The Morgan fingerprint density at radius 1 is 1.38 bits per heavy atom. The second-order valence-corrected chi connectivity index (χ2v) is 5.78. The fourth-order valence-corrected chi connectivity index (χ4v) is 1.93. The Morgan fingerprint density at radius 3 is 2.48 bits per heavy atom. The highest BCUT2D eigenvalue weighted by atomic mass is 35.5. The van der Waals surface area contributed by atoms with Crippen LogP contribution < -0.4 is 15.8 Å². The van der Waals surface area contributed by atoms with Crippen molar-refractivity contribution in [2.45, 2.75) is 4.90 Å². The number of rotatable bonds is 6. The molecule has 4 N–H and O–H groups in total. The zero-order chi connectivity index (χ0) is 15.9. The van der Waals surface area contributed by atoms with Gasteiger partial charge in [0.25, 0.3) is 5.91 Å². The summed E-state index contributed by atoms with van der Waals surface area (Å²) < 4.78 is 22.2. The van der Waals surface area contributed by atoms with E-state index < -0.39 is 15.9 Å². The number of hydrogen-bond donors (Lipinski definition) is 3. The number of anilines is 1. The van der Waals surface area contributed by atoms with E-state index in [1.54, 1.807) is 6.07 Å². The Kier molecular flexibility index (Phi) is 6.17. The maximum Gasteiger partial charge on any atom is 0.267 e. The smallest absolute Gasteiger partial charge is 0.267 e. The van der Waals surface area contributed by atoms with Crippen molar-refractivity contribution in [3.05, 3.63) is 36.0 Å². The molecule has 0 aromatic heterocycles. The minimum absolute atomic E-state index is 0.0691. The lowest BCUT2D eigenvalue weighted by Crippen LogP contribution is -2.18. The molecule has 0 unspecified atom stereocenters. The third-order valence-electron chi connectivity index (χ3n) is 2.29. The van der Waals surface area contributed by atoms with E-state index in [-0.39, 0.29) is 10.5 Å². The van der Waals surface area contributed by atoms with Crippen LogP contribution in [-0.4, -0.2) is 26.7 Å². The predicted molar refractivity (Wildman–Crippen MR) is 78.9 cm³/mol. The molecule has 0 saturated heterocycles. The molecule has 0 spiro atoms. The first-order chi connectivity index (χ1) is 9.88. The van der Waals surface area contributed by atoms with Crippen molar-refractivity contribution in [3.63, 3.8) is 0 Å². The number of amides is 1. The van der Waals surface area contributed by atoms with E-state index in [0.717, 1.165) is 0 Å². The van der Waals surface area contributed by atoms with Crippen LogP contribution in [0.25, 0.3) is 0 Å². The second kappa shape index (κ2) is 7.64. The number of sulfonamides is 1. The minimum atomic E-state index is -3.78. The normalized spacial score (nSPS) is 11.6. The van der Waals surface area contributed by atoms with Crippen LogP contribution in [0.1, 0.15) is 0 Å². The Labute approximate surface area is 127 Å². The molecule has 1 aromatic carbocycles. The van der Waals surface area contributed by atoms with Crippen molar-refractivity contribution in [3.8, 4) is 6.07 Å². The molecule has 112 valence electrons. The lowest BCUT2D eigenvalue weighted by atomic mass is 10.2. The number of carbonyl (C=O) groups excluding carboxylic acids is 1. The van der Waals surface area contributed by atoms with E-state index in [4.69, 9.17) is 22.0 Å². The molecule has 7 nitrogen and oxygen atoms in total. The van der Waals surface area contributed by atoms with E-state index in [2.05, 4.69) is 10.6 Å². The zero-order valence-corrected chi connectivity index (χ0v) is 12.4. The molecule has 9 heteroatoms. The summed E-state index contributed by atoms with van der Waals surface area (Å²) in [4.78, 5) is 11.7. The number of primary sulfonamides is 1. The molecule has 21 heavy (non-hydrogen) atoms. The average molecular weight is 329 g/mol. The van der Waals surface area contributed by atoms with Crippen LogP contribution in [0.2, 0.25) is 0 Å². The van der Waals surface area contributed by atoms with Gasteiger partial charge in [-0.2, -0.15) is 5.26 Å². The number of nitriles is 1. The van der Waals surface area contributed by atoms with Gasteiger partial charge < -0.3 is 10.6 Å². The first-order valence-corrected chi connectivity index (χ1v) is 7.80. The number of alkyl halides is 1. The summed E-state index contributed by atoms with van der Waals surface area (Å²) in [6.45, 7) is 0.420. The van der Waals surface area contributed by atoms with E-state index in [9.17, 15) is 13.2 Å². The summed E-state index contributed by atoms with van der Waals surface area (Å²) in [5.41, 5.74) is 0.210. The minimum Gasteiger partial charge on any atom is -0.388 e. The highest BCUT2D eigenvalue weighted by Crippen LogP contribution is 2.13. The number of hydrogen-bond acceptors (Lipinski definition) is 5. The first-order valence-electron chi connectivity index (χ1n) is 5.72. The fourth-order valence-electron chi connectivity index (χ4n) is 1.30. The number of nitrogens with two attached hydrogens (primary N) is 1. The van der Waals surface area contributed by atoms with E-state index >= 15 is 0 Å². The second-order valence-electron chi connectivity index (χ2n) is 3.84. The van der Waals surface area contributed by atoms with E-state index in [1.165, 1.54) is 30.5 Å². The third kappa shape index (κ3) is 5.43. The van der Waals surface area contributed by atoms with Gasteiger partial charge in [0, 0.05) is 24.3 Å². The van der Waals surface area contributed by atoms with E-state index in [0.29, 0.717) is 18.1 Å². The highest BCUT2D eigenvalue weighted by Gasteiger charge is 2.11. The summed E-state index contributed by atoms with van der Waals surface area (Å²) in [5.74, 6) is -0.283. The highest BCUT2D eigenvalue weighted by molar-refractivity contribution is 7.89. The fraction of sp³-hybridized carbons (Fsp3) is 0.167. The molecule has 1 rings (SSSR count). The molecule has 1 aromatic rings. The summed E-state index contributed by atoms with van der Waals surface area (Å²) in [5, 5.41) is 19.0. The zero-order valence-electron chi connectivity index (χ0n) is 10.8. The van der Waals surface area contributed by atoms with Crippen LogP contribution in [0.15, 0.2) is 40.9 Å². The quantitative estimate of drug-likeness (QED) is 0.303. The third-order valence-corrected chi connectivity index (χ3v) is 3.41. The van der Waals surface area contributed by atoms with Gasteiger partial charge in [-0.1, -0.05) is 0 Å². The lowest BCUT2D eigenvalue weighted by molar-refractivity contribution is -0.112. The van der Waals surface area contributed by atoms with Gasteiger partial charge in [0.2, 0.25) is 10.0 Å². The molecule has 0 fully saturated rings. The van der Waals surface area contributed by atoms with Crippen molar-refractivity contribution in [1.29, 1.82) is 5.26 Å². The predicted octanol–water partition coefficient (Wildman–Crippen LogP) is 0.508. The van der Waals surface area contributed by atoms with Crippen LogP contribution >= 0.6 is 11.6 Å². The van der Waals surface area contributed by atoms with Crippen LogP contribution in [0.3, 0.4) is 0 Å². The van der Waals surface area contributed by atoms with Crippen LogP contribution in [-0.2, 0) is 14.8 Å². The van der Waals surface area contributed by atoms with Gasteiger partial charge in [-0.05, 0) is 24.3 Å². The topological polar surface area (TPSA) is 125 Å². The molecular weight excluding hydrogens is 316 g/mol. The van der Waals surface area contributed by atoms with Gasteiger partial charge in [0.15, 0.2) is 0 Å². The van der Waals surface area contributed by atoms with Crippen LogP contribution in [0.4, 0.5) is 5.69 Å². The molecule has 0 radical (unpaired) electrons. The van der Waals surface area contributed by atoms with Gasteiger partial charge in [0.1, 0.15) is 11.6 Å². The molecule has 0 atom stereocenters. The van der Waals surface area contributed by atoms with Gasteiger partial charge in [-0.3, -0.25) is 4.79 Å². The molecule has 0 saturated carbocycles. The van der Waals surface area contributed by atoms with Crippen molar-refractivity contribution in [1.82, 2.24) is 5.32 Å². The van der Waals surface area contributed by atoms with Crippen molar-refractivity contribution >= 4 is 33.2 Å². The maximum absolute atomic E-state index is 11.8. The summed E-state index contributed by atoms with van der Waals surface area (Å²) in [6, 6.07) is 7.00. The monoisotopic (exact) mass is 328 g/mol. The van der Waals surface area contributed by atoms with Gasteiger partial charge in [-0.15, -0.1) is 11.6 Å². The Bertz CT molecular complexity index is 677. The molecule has 0 aliphatic carbocycles. The Hall–Kier alpha value is -2.08. The van der Waals surface area contributed by atoms with Gasteiger partial charge in [-0.25, -0.2) is 13.6 Å².